The van der Waals surface area contributed by atoms with Crippen LogP contribution in [-0.2, 0) is 0 Å². The zero-order valence-electron chi connectivity index (χ0n) is 11.9. The number of primary amides is 1. The van der Waals surface area contributed by atoms with Gasteiger partial charge in [0.2, 0.25) is 5.95 Å². The SMILES string of the molecule is CCCOc1nc(NCC)nc(-n2ccc(C(N)=O)n2)n1. The van der Waals surface area contributed by atoms with Gasteiger partial charge in [-0.05, 0) is 19.4 Å². The van der Waals surface area contributed by atoms with E-state index in [2.05, 4.69) is 25.4 Å². The molecule has 9 heteroatoms. The van der Waals surface area contributed by atoms with Gasteiger partial charge in [0, 0.05) is 12.7 Å². The molecule has 0 saturated heterocycles. The van der Waals surface area contributed by atoms with Crippen LogP contribution >= 0.6 is 0 Å². The van der Waals surface area contributed by atoms with Crippen LogP contribution in [0, 0.1) is 0 Å². The zero-order valence-corrected chi connectivity index (χ0v) is 11.9. The predicted octanol–water partition coefficient (Wildman–Crippen LogP) is 0.377. The molecular weight excluding hydrogens is 274 g/mol. The monoisotopic (exact) mass is 291 g/mol. The van der Waals surface area contributed by atoms with Crippen LogP contribution in [0.3, 0.4) is 0 Å². The van der Waals surface area contributed by atoms with Crippen molar-refractivity contribution in [1.82, 2.24) is 24.7 Å². The van der Waals surface area contributed by atoms with Gasteiger partial charge in [0.15, 0.2) is 0 Å². The molecule has 0 bridgehead atoms. The summed E-state index contributed by atoms with van der Waals surface area (Å²) in [5.41, 5.74) is 5.31. The highest BCUT2D eigenvalue weighted by molar-refractivity contribution is 5.90. The number of carbonyl (C=O) groups excluding carboxylic acids is 1. The molecule has 0 radical (unpaired) electrons. The third kappa shape index (κ3) is 3.65. The second-order valence-corrected chi connectivity index (χ2v) is 4.13. The molecule has 0 aliphatic carbocycles. The molecule has 0 unspecified atom stereocenters. The van der Waals surface area contributed by atoms with Crippen molar-refractivity contribution in [1.29, 1.82) is 0 Å². The van der Waals surface area contributed by atoms with E-state index < -0.39 is 5.91 Å². The number of amides is 1. The van der Waals surface area contributed by atoms with E-state index in [4.69, 9.17) is 10.5 Å². The molecule has 1 amide bonds. The maximum absolute atomic E-state index is 11.1. The van der Waals surface area contributed by atoms with Gasteiger partial charge in [-0.3, -0.25) is 4.79 Å². The summed E-state index contributed by atoms with van der Waals surface area (Å²) in [6.07, 6.45) is 2.39. The molecule has 0 spiro atoms. The molecule has 2 aromatic heterocycles. The van der Waals surface area contributed by atoms with Crippen LogP contribution in [0.5, 0.6) is 6.01 Å². The zero-order chi connectivity index (χ0) is 15.2. The molecule has 0 fully saturated rings. The molecule has 2 aromatic rings. The van der Waals surface area contributed by atoms with Crippen molar-refractivity contribution in [2.24, 2.45) is 5.73 Å². The molecule has 112 valence electrons. The first-order valence-electron chi connectivity index (χ1n) is 6.62. The van der Waals surface area contributed by atoms with Crippen LogP contribution in [0.2, 0.25) is 0 Å². The van der Waals surface area contributed by atoms with Crippen LogP contribution in [0.25, 0.3) is 5.95 Å². The van der Waals surface area contributed by atoms with Gasteiger partial charge >= 0.3 is 6.01 Å². The molecular formula is C12H17N7O2. The third-order valence-corrected chi connectivity index (χ3v) is 2.42. The maximum atomic E-state index is 11.1. The number of aromatic nitrogens is 5. The molecule has 9 nitrogen and oxygen atoms in total. The number of anilines is 1. The number of nitrogens with one attached hydrogen (secondary N) is 1. The Bertz CT molecular complexity index is 626. The van der Waals surface area contributed by atoms with Crippen molar-refractivity contribution in [3.05, 3.63) is 18.0 Å². The lowest BCUT2D eigenvalue weighted by Crippen LogP contribution is -2.14. The minimum atomic E-state index is -0.614. The fraction of sp³-hybridized carbons (Fsp3) is 0.417. The predicted molar refractivity (Wildman–Crippen MR) is 75.4 cm³/mol. The Morgan fingerprint density at radius 2 is 2.19 bits per heavy atom. The van der Waals surface area contributed by atoms with Gasteiger partial charge in [-0.15, -0.1) is 0 Å². The summed E-state index contributed by atoms with van der Waals surface area (Å²) in [7, 11) is 0. The van der Waals surface area contributed by atoms with E-state index in [-0.39, 0.29) is 17.7 Å². The van der Waals surface area contributed by atoms with E-state index in [0.29, 0.717) is 19.1 Å². The van der Waals surface area contributed by atoms with Gasteiger partial charge in [-0.2, -0.15) is 20.1 Å². The lowest BCUT2D eigenvalue weighted by atomic mass is 10.4. The fourth-order valence-corrected chi connectivity index (χ4v) is 1.51. The van der Waals surface area contributed by atoms with Crippen LogP contribution in [0.15, 0.2) is 12.3 Å². The Kier molecular flexibility index (Phi) is 4.64. The van der Waals surface area contributed by atoms with Gasteiger partial charge < -0.3 is 15.8 Å². The number of nitrogens with two attached hydrogens (primary N) is 1. The molecule has 2 rings (SSSR count). The molecule has 2 heterocycles. The first-order valence-corrected chi connectivity index (χ1v) is 6.62. The van der Waals surface area contributed by atoms with E-state index >= 15 is 0 Å². The standard InChI is InChI=1S/C12H17N7O2/c1-3-7-21-12-16-10(14-4-2)15-11(17-12)19-6-5-8(18-19)9(13)20/h5-6H,3-4,7H2,1-2H3,(H2,13,20)(H,14,15,16,17). The van der Waals surface area contributed by atoms with E-state index in [1.54, 1.807) is 6.20 Å². The first-order chi connectivity index (χ1) is 10.1. The second-order valence-electron chi connectivity index (χ2n) is 4.13. The third-order valence-electron chi connectivity index (χ3n) is 2.42. The average molecular weight is 291 g/mol. The minimum absolute atomic E-state index is 0.136. The summed E-state index contributed by atoms with van der Waals surface area (Å²) in [6.45, 7) is 5.07. The van der Waals surface area contributed by atoms with Crippen molar-refractivity contribution < 1.29 is 9.53 Å². The molecule has 3 N–H and O–H groups in total. The highest BCUT2D eigenvalue weighted by Gasteiger charge is 2.12. The Hall–Kier alpha value is -2.71. The van der Waals surface area contributed by atoms with Crippen LogP contribution < -0.4 is 15.8 Å². The van der Waals surface area contributed by atoms with E-state index in [1.807, 2.05) is 13.8 Å². The van der Waals surface area contributed by atoms with Gasteiger partial charge in [0.1, 0.15) is 5.69 Å². The topological polar surface area (TPSA) is 121 Å². The first kappa shape index (κ1) is 14.7. The molecule has 0 saturated carbocycles. The Balaban J connectivity index is 2.35. The number of hydrogen-bond acceptors (Lipinski definition) is 7. The van der Waals surface area contributed by atoms with Gasteiger partial charge in [-0.1, -0.05) is 6.92 Å². The molecule has 0 aliphatic rings. The summed E-state index contributed by atoms with van der Waals surface area (Å²) in [5, 5.41) is 7.00. The smallest absolute Gasteiger partial charge is 0.323 e. The van der Waals surface area contributed by atoms with Gasteiger partial charge in [-0.25, -0.2) is 4.68 Å². The lowest BCUT2D eigenvalue weighted by Gasteiger charge is -2.08. The Labute approximate surface area is 121 Å². The molecule has 21 heavy (non-hydrogen) atoms. The summed E-state index contributed by atoms with van der Waals surface area (Å²) in [4.78, 5) is 23.6. The largest absolute Gasteiger partial charge is 0.463 e. The summed E-state index contributed by atoms with van der Waals surface area (Å²) in [5.74, 6) is 0.0152. The lowest BCUT2D eigenvalue weighted by molar-refractivity contribution is 0.0995. The summed E-state index contributed by atoms with van der Waals surface area (Å²) in [6, 6.07) is 1.69. The van der Waals surface area contributed by atoms with Gasteiger partial charge in [0.05, 0.1) is 6.61 Å². The van der Waals surface area contributed by atoms with Crippen molar-refractivity contribution in [3.63, 3.8) is 0 Å². The highest BCUT2D eigenvalue weighted by Crippen LogP contribution is 2.11. The van der Waals surface area contributed by atoms with Gasteiger partial charge in [0.25, 0.3) is 11.9 Å². The number of hydrogen-bond donors (Lipinski definition) is 2. The van der Waals surface area contributed by atoms with Crippen molar-refractivity contribution >= 4 is 11.9 Å². The van der Waals surface area contributed by atoms with E-state index in [9.17, 15) is 4.79 Å². The van der Waals surface area contributed by atoms with Crippen molar-refractivity contribution in [2.45, 2.75) is 20.3 Å². The molecule has 0 aromatic carbocycles. The quantitative estimate of drug-likeness (QED) is 0.756. The van der Waals surface area contributed by atoms with E-state index in [0.717, 1.165) is 6.42 Å². The van der Waals surface area contributed by atoms with Crippen LogP contribution in [-0.4, -0.2) is 43.8 Å². The number of ether oxygens (including phenoxy) is 1. The highest BCUT2D eigenvalue weighted by atomic mass is 16.5. The minimum Gasteiger partial charge on any atom is -0.463 e. The van der Waals surface area contributed by atoms with Crippen LogP contribution in [0.4, 0.5) is 5.95 Å². The Morgan fingerprint density at radius 3 is 2.81 bits per heavy atom. The normalized spacial score (nSPS) is 10.4. The van der Waals surface area contributed by atoms with Crippen molar-refractivity contribution in [3.8, 4) is 12.0 Å². The average Bonchev–Trinajstić information content (AvgIpc) is 2.95. The Morgan fingerprint density at radius 1 is 1.38 bits per heavy atom. The van der Waals surface area contributed by atoms with Crippen LogP contribution in [0.1, 0.15) is 30.8 Å². The maximum Gasteiger partial charge on any atom is 0.323 e. The number of rotatable bonds is 7. The number of nitrogens with zero attached hydrogens (tertiary/aromatic N) is 5. The second kappa shape index (κ2) is 6.64. The fourth-order valence-electron chi connectivity index (χ4n) is 1.51. The summed E-state index contributed by atoms with van der Waals surface area (Å²) >= 11 is 0. The summed E-state index contributed by atoms with van der Waals surface area (Å²) < 4.78 is 6.77. The molecule has 0 atom stereocenters. The molecule has 0 aliphatic heterocycles. The van der Waals surface area contributed by atoms with E-state index in [1.165, 1.54) is 10.7 Å². The van der Waals surface area contributed by atoms with Crippen molar-refractivity contribution in [2.75, 3.05) is 18.5 Å². The number of carbonyl (C=O) groups is 1.